The maximum atomic E-state index is 5.78. The zero-order chi connectivity index (χ0) is 13.3. The molecule has 0 aromatic rings. The van der Waals surface area contributed by atoms with E-state index in [0.29, 0.717) is 6.10 Å². The average Bonchev–Trinajstić information content (AvgIpc) is 2.90. The minimum atomic E-state index is 0.544. The lowest BCUT2D eigenvalue weighted by atomic mass is 9.96. The van der Waals surface area contributed by atoms with Crippen molar-refractivity contribution in [3.63, 3.8) is 0 Å². The van der Waals surface area contributed by atoms with E-state index >= 15 is 0 Å². The Labute approximate surface area is 123 Å². The van der Waals surface area contributed by atoms with Crippen LogP contribution in [0.3, 0.4) is 0 Å². The van der Waals surface area contributed by atoms with Gasteiger partial charge in [-0.2, -0.15) is 11.8 Å². The van der Waals surface area contributed by atoms with Gasteiger partial charge in [-0.3, -0.25) is 0 Å². The second-order valence-corrected chi connectivity index (χ2v) is 7.33. The molecule has 1 N–H and O–H groups in total. The molecule has 0 amide bonds. The summed E-state index contributed by atoms with van der Waals surface area (Å²) in [5.74, 6) is 1.22. The second-order valence-electron chi connectivity index (χ2n) is 6.06. The summed E-state index contributed by atoms with van der Waals surface area (Å²) < 4.78 is 5.78. The summed E-state index contributed by atoms with van der Waals surface area (Å²) in [6.07, 6.45) is 12.8. The van der Waals surface area contributed by atoms with Gasteiger partial charge in [0.05, 0.1) is 6.10 Å². The van der Waals surface area contributed by atoms with Crippen molar-refractivity contribution in [2.24, 2.45) is 0 Å². The van der Waals surface area contributed by atoms with Gasteiger partial charge < -0.3 is 10.1 Å². The first-order chi connectivity index (χ1) is 9.40. The second kappa shape index (κ2) is 9.25. The molecule has 1 saturated carbocycles. The summed E-state index contributed by atoms with van der Waals surface area (Å²) >= 11 is 2.19. The van der Waals surface area contributed by atoms with Gasteiger partial charge in [-0.15, -0.1) is 0 Å². The fourth-order valence-electron chi connectivity index (χ4n) is 3.22. The van der Waals surface area contributed by atoms with E-state index in [0.717, 1.165) is 17.9 Å². The van der Waals surface area contributed by atoms with Gasteiger partial charge in [-0.05, 0) is 38.6 Å². The fraction of sp³-hybridized carbons (Fsp3) is 1.00. The lowest BCUT2D eigenvalue weighted by Crippen LogP contribution is -2.39. The highest BCUT2D eigenvalue weighted by molar-refractivity contribution is 8.00. The van der Waals surface area contributed by atoms with Crippen molar-refractivity contribution in [3.05, 3.63) is 0 Å². The fourth-order valence-corrected chi connectivity index (χ4v) is 4.74. The van der Waals surface area contributed by atoms with Gasteiger partial charge in [0, 0.05) is 23.7 Å². The van der Waals surface area contributed by atoms with Crippen LogP contribution in [0.4, 0.5) is 0 Å². The maximum absolute atomic E-state index is 5.78. The molecule has 0 radical (unpaired) electrons. The lowest BCUT2D eigenvalue weighted by molar-refractivity contribution is 0.128. The Morgan fingerprint density at radius 2 is 1.89 bits per heavy atom. The van der Waals surface area contributed by atoms with Crippen LogP contribution in [0.15, 0.2) is 0 Å². The van der Waals surface area contributed by atoms with Gasteiger partial charge in [0.1, 0.15) is 0 Å². The van der Waals surface area contributed by atoms with Crippen LogP contribution < -0.4 is 5.32 Å². The standard InChI is InChI=1S/C16H31NOS/c1-2-11-17-15-9-5-3-4-6-10-16(15)19-13-14-8-7-12-18-14/h14-17H,2-13H2,1H3. The van der Waals surface area contributed by atoms with Crippen LogP contribution in [0, 0.1) is 0 Å². The number of nitrogens with one attached hydrogen (secondary N) is 1. The third kappa shape index (κ3) is 5.65. The Hall–Kier alpha value is 0.270. The van der Waals surface area contributed by atoms with Crippen LogP contribution in [0.25, 0.3) is 0 Å². The number of rotatable bonds is 6. The first kappa shape index (κ1) is 15.7. The van der Waals surface area contributed by atoms with Crippen molar-refractivity contribution in [2.75, 3.05) is 18.9 Å². The van der Waals surface area contributed by atoms with Crippen LogP contribution in [0.5, 0.6) is 0 Å². The Morgan fingerprint density at radius 1 is 1.05 bits per heavy atom. The van der Waals surface area contributed by atoms with Crippen LogP contribution in [0.2, 0.25) is 0 Å². The van der Waals surface area contributed by atoms with Gasteiger partial charge in [0.2, 0.25) is 0 Å². The zero-order valence-corrected chi connectivity index (χ0v) is 13.4. The molecule has 2 fully saturated rings. The highest BCUT2D eigenvalue weighted by Crippen LogP contribution is 2.29. The quantitative estimate of drug-likeness (QED) is 0.797. The Kier molecular flexibility index (Phi) is 7.62. The predicted molar refractivity (Wildman–Crippen MR) is 85.0 cm³/mol. The molecule has 0 aromatic carbocycles. The van der Waals surface area contributed by atoms with Crippen molar-refractivity contribution in [1.82, 2.24) is 5.32 Å². The summed E-state index contributed by atoms with van der Waals surface area (Å²) in [4.78, 5) is 0. The van der Waals surface area contributed by atoms with E-state index in [2.05, 4.69) is 24.0 Å². The van der Waals surface area contributed by atoms with Gasteiger partial charge in [-0.1, -0.05) is 32.6 Å². The number of hydrogen-bond donors (Lipinski definition) is 1. The van der Waals surface area contributed by atoms with Crippen molar-refractivity contribution in [1.29, 1.82) is 0 Å². The third-order valence-corrected chi connectivity index (χ3v) is 5.94. The van der Waals surface area contributed by atoms with Gasteiger partial charge in [-0.25, -0.2) is 0 Å². The molecule has 3 atom stereocenters. The molecule has 2 nitrogen and oxygen atoms in total. The molecule has 2 aliphatic rings. The van der Waals surface area contributed by atoms with Crippen LogP contribution in [-0.4, -0.2) is 36.3 Å². The van der Waals surface area contributed by atoms with Crippen molar-refractivity contribution < 1.29 is 4.74 Å². The van der Waals surface area contributed by atoms with Crippen molar-refractivity contribution >= 4 is 11.8 Å². The minimum absolute atomic E-state index is 0.544. The first-order valence-electron chi connectivity index (χ1n) is 8.36. The minimum Gasteiger partial charge on any atom is -0.377 e. The van der Waals surface area contributed by atoms with Crippen molar-refractivity contribution in [3.8, 4) is 0 Å². The normalized spacial score (nSPS) is 33.0. The average molecular weight is 285 g/mol. The molecule has 0 spiro atoms. The van der Waals surface area contributed by atoms with Gasteiger partial charge in [0.15, 0.2) is 0 Å². The summed E-state index contributed by atoms with van der Waals surface area (Å²) in [5.41, 5.74) is 0. The number of ether oxygens (including phenoxy) is 1. The molecule has 1 heterocycles. The van der Waals surface area contributed by atoms with E-state index in [1.165, 1.54) is 70.1 Å². The highest BCUT2D eigenvalue weighted by Gasteiger charge is 2.25. The Balaban J connectivity index is 1.79. The van der Waals surface area contributed by atoms with E-state index < -0.39 is 0 Å². The molecule has 1 aliphatic carbocycles. The molecule has 0 bridgehead atoms. The summed E-state index contributed by atoms with van der Waals surface area (Å²) in [7, 11) is 0. The summed E-state index contributed by atoms with van der Waals surface area (Å²) in [5, 5.41) is 4.62. The number of hydrogen-bond acceptors (Lipinski definition) is 3. The van der Waals surface area contributed by atoms with Crippen molar-refractivity contribution in [2.45, 2.75) is 82.1 Å². The molecule has 1 saturated heterocycles. The topological polar surface area (TPSA) is 21.3 Å². The molecular weight excluding hydrogens is 254 g/mol. The molecule has 112 valence electrons. The van der Waals surface area contributed by atoms with Crippen LogP contribution in [0.1, 0.15) is 64.7 Å². The molecule has 3 heteroatoms. The number of thioether (sulfide) groups is 1. The van der Waals surface area contributed by atoms with Gasteiger partial charge >= 0.3 is 0 Å². The van der Waals surface area contributed by atoms with Gasteiger partial charge in [0.25, 0.3) is 0 Å². The SMILES string of the molecule is CCCNC1CCCCCCC1SCC1CCCO1. The largest absolute Gasteiger partial charge is 0.377 e. The molecule has 2 rings (SSSR count). The van der Waals surface area contributed by atoms with E-state index in [9.17, 15) is 0 Å². The van der Waals surface area contributed by atoms with Crippen LogP contribution >= 0.6 is 11.8 Å². The summed E-state index contributed by atoms with van der Waals surface area (Å²) in [6, 6.07) is 0.742. The third-order valence-electron chi connectivity index (χ3n) is 4.38. The van der Waals surface area contributed by atoms with E-state index in [1.807, 2.05) is 0 Å². The predicted octanol–water partition coefficient (Wildman–Crippen LogP) is 3.99. The molecular formula is C16H31NOS. The lowest BCUT2D eigenvalue weighted by Gasteiger charge is -2.30. The zero-order valence-electron chi connectivity index (χ0n) is 12.5. The summed E-state index contributed by atoms with van der Waals surface area (Å²) in [6.45, 7) is 4.44. The van der Waals surface area contributed by atoms with E-state index in [1.54, 1.807) is 0 Å². The van der Waals surface area contributed by atoms with E-state index in [-0.39, 0.29) is 0 Å². The van der Waals surface area contributed by atoms with E-state index in [4.69, 9.17) is 4.74 Å². The molecule has 3 unspecified atom stereocenters. The molecule has 0 aromatic heterocycles. The Bertz CT molecular complexity index is 229. The smallest absolute Gasteiger partial charge is 0.0666 e. The Morgan fingerprint density at radius 3 is 2.63 bits per heavy atom. The highest BCUT2D eigenvalue weighted by atomic mass is 32.2. The molecule has 19 heavy (non-hydrogen) atoms. The maximum Gasteiger partial charge on any atom is 0.0666 e. The van der Waals surface area contributed by atoms with Crippen LogP contribution in [-0.2, 0) is 4.74 Å². The first-order valence-corrected chi connectivity index (χ1v) is 9.41. The monoisotopic (exact) mass is 285 g/mol. The molecule has 1 aliphatic heterocycles.